The number of nitriles is 5. The van der Waals surface area contributed by atoms with E-state index in [-0.39, 0.29) is 80.7 Å². The summed E-state index contributed by atoms with van der Waals surface area (Å²) >= 11 is 0. The van der Waals surface area contributed by atoms with Crippen molar-refractivity contribution >= 4 is 29.8 Å². The summed E-state index contributed by atoms with van der Waals surface area (Å²) in [5, 5.41) is 43.8. The lowest BCUT2D eigenvalue weighted by atomic mass is 9.69. The molecule has 0 unspecified atom stereocenters. The Morgan fingerprint density at radius 1 is 0.264 bits per heavy atom. The van der Waals surface area contributed by atoms with Gasteiger partial charge < -0.3 is 23.7 Å². The summed E-state index contributed by atoms with van der Waals surface area (Å²) in [5.74, 6) is 3.77. The minimum atomic E-state index is -1.01. The molecule has 15 rings (SSSR count). The van der Waals surface area contributed by atoms with Gasteiger partial charge in [-0.25, -0.2) is 35.9 Å². The molecular formula is C119H145F6N5O10. The van der Waals surface area contributed by atoms with Crippen LogP contribution in [-0.2, 0) is 14.4 Å². The summed E-state index contributed by atoms with van der Waals surface area (Å²) < 4.78 is 108. The summed E-state index contributed by atoms with van der Waals surface area (Å²) in [4.78, 5) is 61.8. The zero-order valence-corrected chi connectivity index (χ0v) is 83.1. The first kappa shape index (κ1) is 109. The Kier molecular flexibility index (Phi) is 44.6. The first-order chi connectivity index (χ1) is 67.9. The first-order valence-electron chi connectivity index (χ1n) is 52.9. The van der Waals surface area contributed by atoms with Gasteiger partial charge in [-0.1, -0.05) is 213 Å². The maximum atomic E-state index is 13.7. The fourth-order valence-corrected chi connectivity index (χ4v) is 23.1. The molecule has 0 aromatic heterocycles. The predicted octanol–water partition coefficient (Wildman–Crippen LogP) is 31.7. The van der Waals surface area contributed by atoms with Crippen LogP contribution in [0.4, 0.5) is 26.3 Å². The molecule has 8 saturated carbocycles. The van der Waals surface area contributed by atoms with Gasteiger partial charge in [-0.15, -0.1) is 0 Å². The third kappa shape index (κ3) is 33.8. The number of esters is 5. The molecule has 0 heterocycles. The van der Waals surface area contributed by atoms with E-state index in [1.807, 2.05) is 24.3 Å². The second-order valence-corrected chi connectivity index (χ2v) is 41.3. The average molecular weight is 1920 g/mol. The van der Waals surface area contributed by atoms with Gasteiger partial charge >= 0.3 is 29.8 Å². The molecular weight excluding hydrogens is 1770 g/mol. The van der Waals surface area contributed by atoms with E-state index in [1.54, 1.807) is 48.5 Å². The highest BCUT2D eigenvalue weighted by atomic mass is 19.2. The SMILES string of the molecule is CCC1CCC(c2ccc(C(=O)Oc3ccc(C#N)c(F)c3)cc2)CC1.CCCC1CCC(C2CCC(C(=O)Oc3cc(F)c(C#N)c(F)c3)CC2)CC1.CCCC1CCC(CCC2CCC(C(=O)Oc3ccc(C#N)c(F)c3)CC2)CC1.CCCC1CCC(c2ccc(C(=O)Oc3ccc(C#N)c(F)c3)cc2)CC1.CCCCC1CCC(CCC2CCC(C(=O)Oc3ccc(C#N)c(F)c3)CC2)CC1. The number of carbonyl (C=O) groups is 5. The van der Waals surface area contributed by atoms with Gasteiger partial charge in [0.15, 0.2) is 0 Å². The Bertz CT molecular complexity index is 5310. The van der Waals surface area contributed by atoms with Gasteiger partial charge in [0, 0.05) is 36.4 Å². The number of halogens is 6. The van der Waals surface area contributed by atoms with Crippen LogP contribution < -0.4 is 23.7 Å². The summed E-state index contributed by atoms with van der Waals surface area (Å²) in [7, 11) is 0. The zero-order chi connectivity index (χ0) is 99.8. The molecule has 8 aliphatic rings. The number of hydrogen-bond donors (Lipinski definition) is 0. The Labute approximate surface area is 827 Å². The molecule has 21 heteroatoms. The highest BCUT2D eigenvalue weighted by molar-refractivity contribution is 5.92. The highest BCUT2D eigenvalue weighted by Crippen LogP contribution is 2.46. The number of nitrogens with zero attached hydrogens (tertiary/aromatic N) is 5. The van der Waals surface area contributed by atoms with E-state index < -0.39 is 58.4 Å². The van der Waals surface area contributed by atoms with Crippen LogP contribution in [0.2, 0.25) is 0 Å². The predicted molar refractivity (Wildman–Crippen MR) is 530 cm³/mol. The number of benzene rings is 7. The average Bonchev–Trinajstić information content (AvgIpc) is 0.830. The summed E-state index contributed by atoms with van der Waals surface area (Å²) in [6.45, 7) is 11.3. The largest absolute Gasteiger partial charge is 0.426 e. The summed E-state index contributed by atoms with van der Waals surface area (Å²) in [6.07, 6.45) is 56.7. The first-order valence-corrected chi connectivity index (χ1v) is 52.9. The molecule has 8 fully saturated rings. The lowest BCUT2D eigenvalue weighted by molar-refractivity contribution is -0.141. The van der Waals surface area contributed by atoms with Gasteiger partial charge in [0.25, 0.3) is 0 Å². The van der Waals surface area contributed by atoms with Crippen LogP contribution in [0.1, 0.15) is 401 Å². The van der Waals surface area contributed by atoms with Gasteiger partial charge in [-0.2, -0.15) is 26.3 Å². The standard InChI is InChI=1S/C26H36FNO2.C25H34FNO2.C23H29F2NO2.C23H24FNO2.C22H22FNO2/c1-2-3-4-19-5-7-20(8-6-19)9-10-21-11-13-22(14-12-21)26(29)30-24-16-15-23(18-28)25(27)17-24;1-2-3-18-4-6-19(7-5-18)8-9-20-10-12-21(13-11-20)25(28)29-23-15-14-22(17-27)24(26)16-23;1-2-3-15-4-6-16(7-5-15)17-8-10-18(11-9-17)23(27)28-19-12-21(24)20(14-26)22(25)13-19;1-2-3-16-4-6-17(7-5-16)18-8-10-19(11-9-18)23(26)27-21-13-12-20(15-25)22(24)14-21;1-2-15-3-5-16(6-4-15)17-7-9-18(10-8-17)22(25)26-20-12-11-19(14-24)21(23)13-20/h15-17,19-22H,2-14H2,1H3;14-16,18-21H,2-13H2,1H3;12-13,15-18H,2-11H2,1H3;8-14,16-17H,2-7H2,1H3;7-13,15-16H,2-6H2,1H3. The van der Waals surface area contributed by atoms with Crippen molar-refractivity contribution in [3.8, 4) is 59.1 Å². The molecule has 0 radical (unpaired) electrons. The molecule has 0 aliphatic heterocycles. The fourth-order valence-electron chi connectivity index (χ4n) is 23.1. The van der Waals surface area contributed by atoms with Crippen LogP contribution in [0.3, 0.4) is 0 Å². The van der Waals surface area contributed by atoms with E-state index in [4.69, 9.17) is 50.0 Å². The van der Waals surface area contributed by atoms with E-state index in [0.717, 1.165) is 173 Å². The number of carbonyl (C=O) groups excluding carboxylic acids is 5. The van der Waals surface area contributed by atoms with Crippen molar-refractivity contribution in [3.63, 3.8) is 0 Å². The lowest BCUT2D eigenvalue weighted by Gasteiger charge is -2.37. The quantitative estimate of drug-likeness (QED) is 0.0240. The molecule has 7 aromatic carbocycles. The summed E-state index contributed by atoms with van der Waals surface area (Å²) in [5.41, 5.74) is 2.51. The fraction of sp³-hybridized carbons (Fsp3) is 0.563. The molecule has 140 heavy (non-hydrogen) atoms. The van der Waals surface area contributed by atoms with E-state index >= 15 is 0 Å². The number of rotatable bonds is 29. The van der Waals surface area contributed by atoms with Crippen LogP contribution in [0.25, 0.3) is 0 Å². The second-order valence-electron chi connectivity index (χ2n) is 41.3. The Hall–Kier alpha value is -11.1. The minimum absolute atomic E-state index is 0.0373. The molecule has 8 aliphatic carbocycles. The Morgan fingerprint density at radius 2 is 0.514 bits per heavy atom. The normalized spacial score (nSPS) is 24.3. The van der Waals surface area contributed by atoms with E-state index in [9.17, 15) is 50.3 Å². The molecule has 0 N–H and O–H groups in total. The molecule has 0 spiro atoms. The van der Waals surface area contributed by atoms with Crippen LogP contribution >= 0.6 is 0 Å². The molecule has 748 valence electrons. The molecule has 0 saturated heterocycles. The minimum Gasteiger partial charge on any atom is -0.426 e. The number of ether oxygens (including phenoxy) is 5. The monoisotopic (exact) mass is 1920 g/mol. The smallest absolute Gasteiger partial charge is 0.343 e. The van der Waals surface area contributed by atoms with Crippen LogP contribution in [-0.4, -0.2) is 29.8 Å². The highest BCUT2D eigenvalue weighted by Gasteiger charge is 2.37. The van der Waals surface area contributed by atoms with E-state index in [0.29, 0.717) is 28.9 Å². The third-order valence-corrected chi connectivity index (χ3v) is 31.9. The lowest BCUT2D eigenvalue weighted by Crippen LogP contribution is -2.30. The molecule has 0 amide bonds. The maximum absolute atomic E-state index is 13.7. The molecule has 0 atom stereocenters. The molecule has 15 nitrogen and oxygen atoms in total. The van der Waals surface area contributed by atoms with Crippen molar-refractivity contribution in [1.82, 2.24) is 0 Å². The number of hydrogen-bond acceptors (Lipinski definition) is 15. The molecule has 7 aromatic rings. The van der Waals surface area contributed by atoms with Crippen LogP contribution in [0.15, 0.2) is 133 Å². The Morgan fingerprint density at radius 3 is 0.800 bits per heavy atom. The third-order valence-electron chi connectivity index (χ3n) is 31.9. The number of unbranched alkanes of at least 4 members (excludes halogenated alkanes) is 1. The second kappa shape index (κ2) is 57.1. The van der Waals surface area contributed by atoms with Gasteiger partial charge in [0.2, 0.25) is 0 Å². The maximum Gasteiger partial charge on any atom is 0.343 e. The summed E-state index contributed by atoms with van der Waals surface area (Å²) in [6, 6.07) is 40.8. The zero-order valence-electron chi connectivity index (χ0n) is 83.1. The van der Waals surface area contributed by atoms with Crippen molar-refractivity contribution in [2.45, 2.75) is 342 Å². The topological polar surface area (TPSA) is 250 Å². The van der Waals surface area contributed by atoms with E-state index in [1.165, 1.54) is 284 Å². The van der Waals surface area contributed by atoms with Crippen molar-refractivity contribution in [3.05, 3.63) is 218 Å². The van der Waals surface area contributed by atoms with Crippen molar-refractivity contribution in [2.75, 3.05) is 0 Å². The van der Waals surface area contributed by atoms with Crippen molar-refractivity contribution < 1.29 is 74.0 Å². The van der Waals surface area contributed by atoms with Gasteiger partial charge in [0.05, 0.1) is 51.1 Å². The van der Waals surface area contributed by atoms with Crippen molar-refractivity contribution in [1.29, 1.82) is 26.3 Å². The molecule has 0 bridgehead atoms. The van der Waals surface area contributed by atoms with Gasteiger partial charge in [-0.05, 0) is 302 Å². The van der Waals surface area contributed by atoms with Crippen LogP contribution in [0.5, 0.6) is 28.7 Å². The van der Waals surface area contributed by atoms with Crippen molar-refractivity contribution in [2.24, 2.45) is 82.9 Å². The van der Waals surface area contributed by atoms with Gasteiger partial charge in [-0.3, -0.25) is 14.4 Å². The van der Waals surface area contributed by atoms with Gasteiger partial charge in [0.1, 0.15) is 99.6 Å². The Balaban J connectivity index is 0.000000168. The van der Waals surface area contributed by atoms with E-state index in [2.05, 4.69) is 34.6 Å². The van der Waals surface area contributed by atoms with Crippen LogP contribution in [0, 0.1) is 174 Å².